The summed E-state index contributed by atoms with van der Waals surface area (Å²) in [6, 6.07) is 2.90. The Kier molecular flexibility index (Phi) is 3.50. The normalized spacial score (nSPS) is 25.5. The van der Waals surface area contributed by atoms with Crippen molar-refractivity contribution in [3.8, 4) is 0 Å². The van der Waals surface area contributed by atoms with Crippen LogP contribution in [0.1, 0.15) is 48.3 Å². The fourth-order valence-electron chi connectivity index (χ4n) is 2.85. The van der Waals surface area contributed by atoms with Crippen LogP contribution in [0.15, 0.2) is 6.07 Å². The summed E-state index contributed by atoms with van der Waals surface area (Å²) in [7, 11) is 0. The highest BCUT2D eigenvalue weighted by Crippen LogP contribution is 2.26. The number of nitrogens with one attached hydrogen (secondary N) is 1. The molecule has 1 aromatic rings. The van der Waals surface area contributed by atoms with Crippen LogP contribution in [0.5, 0.6) is 0 Å². The highest BCUT2D eigenvalue weighted by molar-refractivity contribution is 5.33. The number of hydrogen-bond acceptors (Lipinski definition) is 3. The summed E-state index contributed by atoms with van der Waals surface area (Å²) >= 11 is 0. The minimum atomic E-state index is -0.0990. The monoisotopic (exact) mass is 234 g/mol. The first kappa shape index (κ1) is 12.5. The smallest absolute Gasteiger partial charge is 0.0570 e. The fraction of sp³-hybridized carbons (Fsp3) is 0.643. The first-order chi connectivity index (χ1) is 7.97. The molecule has 0 amide bonds. The van der Waals surface area contributed by atoms with Crippen molar-refractivity contribution in [3.63, 3.8) is 0 Å². The average Bonchev–Trinajstić information content (AvgIpc) is 2.13. The van der Waals surface area contributed by atoms with Gasteiger partial charge in [0.2, 0.25) is 0 Å². The maximum atomic E-state index is 9.30. The molecule has 2 N–H and O–H groups in total. The molecule has 0 radical (unpaired) electrons. The van der Waals surface area contributed by atoms with Crippen LogP contribution < -0.4 is 5.32 Å². The minimum Gasteiger partial charge on any atom is -0.393 e. The lowest BCUT2D eigenvalue weighted by molar-refractivity contribution is 0.0585. The van der Waals surface area contributed by atoms with Crippen molar-refractivity contribution in [2.45, 2.75) is 58.7 Å². The summed E-state index contributed by atoms with van der Waals surface area (Å²) in [5, 5.41) is 12.9. The van der Waals surface area contributed by atoms with E-state index in [0.717, 1.165) is 24.2 Å². The Morgan fingerprint density at radius 2 is 2.00 bits per heavy atom. The Morgan fingerprint density at radius 1 is 1.35 bits per heavy atom. The third-order valence-electron chi connectivity index (χ3n) is 3.62. The lowest BCUT2D eigenvalue weighted by atomic mass is 9.88. The van der Waals surface area contributed by atoms with Crippen LogP contribution >= 0.6 is 0 Å². The van der Waals surface area contributed by atoms with E-state index in [1.807, 2.05) is 6.92 Å². The molecule has 0 saturated heterocycles. The zero-order chi connectivity index (χ0) is 12.6. The van der Waals surface area contributed by atoms with E-state index in [2.05, 4.69) is 37.1 Å². The fourth-order valence-corrected chi connectivity index (χ4v) is 2.85. The van der Waals surface area contributed by atoms with Gasteiger partial charge in [-0.05, 0) is 57.7 Å². The molecule has 2 rings (SSSR count). The Morgan fingerprint density at radius 3 is 2.53 bits per heavy atom. The van der Waals surface area contributed by atoms with Crippen molar-refractivity contribution in [2.24, 2.45) is 0 Å². The molecule has 1 heterocycles. The number of hydrogen-bond donors (Lipinski definition) is 2. The van der Waals surface area contributed by atoms with Gasteiger partial charge in [0.25, 0.3) is 0 Å². The number of nitrogens with zero attached hydrogens (tertiary/aromatic N) is 1. The van der Waals surface area contributed by atoms with Crippen LogP contribution in [0.25, 0.3) is 0 Å². The molecule has 3 nitrogen and oxygen atoms in total. The molecule has 94 valence electrons. The molecule has 17 heavy (non-hydrogen) atoms. The molecule has 3 heteroatoms. The van der Waals surface area contributed by atoms with Gasteiger partial charge in [-0.3, -0.25) is 4.98 Å². The summed E-state index contributed by atoms with van der Waals surface area (Å²) < 4.78 is 0. The van der Waals surface area contributed by atoms with E-state index in [-0.39, 0.29) is 6.10 Å². The van der Waals surface area contributed by atoms with Gasteiger partial charge >= 0.3 is 0 Å². The van der Waals surface area contributed by atoms with E-state index in [4.69, 9.17) is 0 Å². The highest BCUT2D eigenvalue weighted by Gasteiger charge is 2.28. The molecule has 0 aliphatic heterocycles. The second-order valence-electron chi connectivity index (χ2n) is 5.29. The second kappa shape index (κ2) is 4.75. The highest BCUT2D eigenvalue weighted by atomic mass is 16.3. The number of aliphatic hydroxyl groups excluding tert-OH is 1. The Balaban J connectivity index is 2.10. The first-order valence-corrected chi connectivity index (χ1v) is 6.36. The van der Waals surface area contributed by atoms with Crippen molar-refractivity contribution < 1.29 is 5.11 Å². The van der Waals surface area contributed by atoms with Gasteiger partial charge in [-0.25, -0.2) is 0 Å². The van der Waals surface area contributed by atoms with E-state index in [1.165, 1.54) is 11.1 Å². The van der Waals surface area contributed by atoms with Crippen LogP contribution in [-0.4, -0.2) is 22.2 Å². The van der Waals surface area contributed by atoms with E-state index in [9.17, 15) is 5.11 Å². The number of rotatable bonds is 3. The molecule has 1 aliphatic carbocycles. The van der Waals surface area contributed by atoms with E-state index in [0.29, 0.717) is 12.1 Å². The maximum Gasteiger partial charge on any atom is 0.0570 e. The zero-order valence-corrected chi connectivity index (χ0v) is 11.1. The van der Waals surface area contributed by atoms with Crippen molar-refractivity contribution >= 4 is 0 Å². The van der Waals surface area contributed by atoms with Crippen molar-refractivity contribution in [1.29, 1.82) is 0 Å². The van der Waals surface area contributed by atoms with Gasteiger partial charge in [0.05, 0.1) is 6.10 Å². The Bertz CT molecular complexity index is 388. The lowest BCUT2D eigenvalue weighted by Crippen LogP contribution is -2.45. The largest absolute Gasteiger partial charge is 0.393 e. The topological polar surface area (TPSA) is 45.1 Å². The van der Waals surface area contributed by atoms with Gasteiger partial charge in [-0.1, -0.05) is 0 Å². The predicted octanol–water partition coefficient (Wildman–Crippen LogP) is 2.18. The van der Waals surface area contributed by atoms with Crippen LogP contribution in [0.3, 0.4) is 0 Å². The van der Waals surface area contributed by atoms with Gasteiger partial charge in [0, 0.05) is 23.5 Å². The van der Waals surface area contributed by atoms with Crippen LogP contribution in [0.4, 0.5) is 0 Å². The van der Waals surface area contributed by atoms with Crippen molar-refractivity contribution in [1.82, 2.24) is 10.3 Å². The first-order valence-electron chi connectivity index (χ1n) is 6.36. The molecular formula is C14H22N2O. The number of aliphatic hydroxyl groups is 1. The van der Waals surface area contributed by atoms with Gasteiger partial charge < -0.3 is 10.4 Å². The molecule has 1 aromatic heterocycles. The van der Waals surface area contributed by atoms with Crippen molar-refractivity contribution in [2.75, 3.05) is 0 Å². The number of aromatic nitrogens is 1. The van der Waals surface area contributed by atoms with Gasteiger partial charge in [-0.2, -0.15) is 0 Å². The van der Waals surface area contributed by atoms with Gasteiger partial charge in [0.15, 0.2) is 0 Å². The Labute approximate surface area is 103 Å². The molecule has 0 bridgehead atoms. The summed E-state index contributed by atoms with van der Waals surface area (Å²) in [6.07, 6.45) is 1.65. The SMILES string of the molecule is Cc1cc(C)c(C(C)NC2CC(O)C2)c(C)n1. The summed E-state index contributed by atoms with van der Waals surface area (Å²) in [5.41, 5.74) is 4.80. The lowest BCUT2D eigenvalue weighted by Gasteiger charge is -2.35. The maximum absolute atomic E-state index is 9.30. The molecule has 0 aromatic carbocycles. The quantitative estimate of drug-likeness (QED) is 0.842. The molecule has 1 unspecified atom stereocenters. The van der Waals surface area contributed by atoms with Gasteiger partial charge in [0.1, 0.15) is 0 Å². The van der Waals surface area contributed by atoms with E-state index in [1.54, 1.807) is 0 Å². The zero-order valence-electron chi connectivity index (χ0n) is 11.1. The van der Waals surface area contributed by atoms with Crippen molar-refractivity contribution in [3.05, 3.63) is 28.6 Å². The minimum absolute atomic E-state index is 0.0990. The van der Waals surface area contributed by atoms with Crippen LogP contribution in [-0.2, 0) is 0 Å². The van der Waals surface area contributed by atoms with E-state index >= 15 is 0 Å². The molecule has 1 aliphatic rings. The second-order valence-corrected chi connectivity index (χ2v) is 5.29. The standard InChI is InChI=1S/C14H22N2O/c1-8-5-9(2)15-10(3)14(8)11(4)16-12-6-13(17)7-12/h5,11-13,16-17H,6-7H2,1-4H3. The predicted molar refractivity (Wildman–Crippen MR) is 69.0 cm³/mol. The molecule has 0 spiro atoms. The summed E-state index contributed by atoms with van der Waals surface area (Å²) in [6.45, 7) is 8.43. The molecule has 1 fully saturated rings. The molecule has 1 atom stereocenters. The Hall–Kier alpha value is -0.930. The van der Waals surface area contributed by atoms with E-state index < -0.39 is 0 Å². The third kappa shape index (κ3) is 2.67. The van der Waals surface area contributed by atoms with Gasteiger partial charge in [-0.15, -0.1) is 0 Å². The third-order valence-corrected chi connectivity index (χ3v) is 3.62. The van der Waals surface area contributed by atoms with Crippen LogP contribution in [0, 0.1) is 20.8 Å². The number of aryl methyl sites for hydroxylation is 3. The van der Waals surface area contributed by atoms with Crippen LogP contribution in [0.2, 0.25) is 0 Å². The summed E-state index contributed by atoms with van der Waals surface area (Å²) in [4.78, 5) is 4.53. The average molecular weight is 234 g/mol. The summed E-state index contributed by atoms with van der Waals surface area (Å²) in [5.74, 6) is 0. The molecular weight excluding hydrogens is 212 g/mol. The molecule has 1 saturated carbocycles. The number of pyridine rings is 1.